The summed E-state index contributed by atoms with van der Waals surface area (Å²) in [7, 11) is 0. The van der Waals surface area contributed by atoms with Crippen LogP contribution in [-0.2, 0) is 4.79 Å². The van der Waals surface area contributed by atoms with Crippen molar-refractivity contribution >= 4 is 5.91 Å². The first-order valence-corrected chi connectivity index (χ1v) is 7.00. The number of hydrogen-bond donors (Lipinski definition) is 1. The summed E-state index contributed by atoms with van der Waals surface area (Å²) >= 11 is 0. The van der Waals surface area contributed by atoms with E-state index in [-0.39, 0.29) is 17.5 Å². The van der Waals surface area contributed by atoms with Gasteiger partial charge < -0.3 is 10.6 Å². The molecule has 2 fully saturated rings. The summed E-state index contributed by atoms with van der Waals surface area (Å²) in [5, 5.41) is 0. The highest BCUT2D eigenvalue weighted by Crippen LogP contribution is 2.35. The molecule has 1 saturated heterocycles. The summed E-state index contributed by atoms with van der Waals surface area (Å²) in [6, 6.07) is 0.211. The van der Waals surface area contributed by atoms with Crippen LogP contribution < -0.4 is 5.73 Å². The molecule has 1 aliphatic heterocycles. The van der Waals surface area contributed by atoms with Crippen LogP contribution in [0.2, 0.25) is 0 Å². The van der Waals surface area contributed by atoms with E-state index >= 15 is 0 Å². The van der Waals surface area contributed by atoms with Crippen molar-refractivity contribution in [2.75, 3.05) is 6.54 Å². The second-order valence-corrected chi connectivity index (χ2v) is 6.47. The SMILES string of the molecule is CC1C(N)CCCC1C(=O)N1CCCC1(C)C. The highest BCUT2D eigenvalue weighted by Gasteiger charge is 2.41. The molecule has 3 heteroatoms. The Morgan fingerprint density at radius 1 is 1.29 bits per heavy atom. The number of amides is 1. The molecule has 98 valence electrons. The summed E-state index contributed by atoms with van der Waals surface area (Å²) in [6.45, 7) is 7.45. The molecule has 1 heterocycles. The van der Waals surface area contributed by atoms with Gasteiger partial charge in [0.1, 0.15) is 0 Å². The molecule has 2 N–H and O–H groups in total. The van der Waals surface area contributed by atoms with Crippen molar-refractivity contribution in [3.63, 3.8) is 0 Å². The normalized spacial score (nSPS) is 37.2. The predicted octanol–water partition coefficient (Wildman–Crippen LogP) is 2.15. The highest BCUT2D eigenvalue weighted by molar-refractivity contribution is 5.80. The van der Waals surface area contributed by atoms with E-state index in [4.69, 9.17) is 5.73 Å². The molecule has 0 aromatic heterocycles. The zero-order valence-corrected chi connectivity index (χ0v) is 11.4. The zero-order chi connectivity index (χ0) is 12.6. The van der Waals surface area contributed by atoms with Gasteiger partial charge in [-0.2, -0.15) is 0 Å². The van der Waals surface area contributed by atoms with Crippen molar-refractivity contribution in [1.82, 2.24) is 4.90 Å². The number of carbonyl (C=O) groups excluding carboxylic acids is 1. The lowest BCUT2D eigenvalue weighted by Crippen LogP contribution is -2.50. The molecule has 3 unspecified atom stereocenters. The number of nitrogens with zero attached hydrogens (tertiary/aromatic N) is 1. The molecule has 0 aromatic carbocycles. The monoisotopic (exact) mass is 238 g/mol. The Labute approximate surface area is 105 Å². The molecule has 2 aliphatic rings. The van der Waals surface area contributed by atoms with Crippen LogP contribution >= 0.6 is 0 Å². The number of nitrogens with two attached hydrogens (primary N) is 1. The molecular weight excluding hydrogens is 212 g/mol. The van der Waals surface area contributed by atoms with Crippen LogP contribution in [-0.4, -0.2) is 28.9 Å². The van der Waals surface area contributed by atoms with Gasteiger partial charge in [-0.25, -0.2) is 0 Å². The highest BCUT2D eigenvalue weighted by atomic mass is 16.2. The molecule has 0 bridgehead atoms. The maximum atomic E-state index is 12.6. The third-order valence-corrected chi connectivity index (χ3v) is 4.85. The van der Waals surface area contributed by atoms with E-state index < -0.39 is 0 Å². The van der Waals surface area contributed by atoms with Crippen molar-refractivity contribution in [2.45, 2.75) is 64.5 Å². The van der Waals surface area contributed by atoms with Crippen molar-refractivity contribution in [1.29, 1.82) is 0 Å². The average Bonchev–Trinajstić information content (AvgIpc) is 2.61. The maximum Gasteiger partial charge on any atom is 0.226 e. The third kappa shape index (κ3) is 2.35. The fourth-order valence-electron chi connectivity index (χ4n) is 3.46. The molecule has 3 atom stereocenters. The number of likely N-dealkylation sites (tertiary alicyclic amines) is 1. The van der Waals surface area contributed by atoms with E-state index in [1.807, 2.05) is 0 Å². The summed E-state index contributed by atoms with van der Waals surface area (Å²) in [5.74, 6) is 0.860. The van der Waals surface area contributed by atoms with Gasteiger partial charge in [-0.15, -0.1) is 0 Å². The van der Waals surface area contributed by atoms with Crippen LogP contribution in [0.25, 0.3) is 0 Å². The van der Waals surface area contributed by atoms with E-state index in [0.29, 0.717) is 11.8 Å². The lowest BCUT2D eigenvalue weighted by atomic mass is 9.76. The van der Waals surface area contributed by atoms with Crippen LogP contribution in [0.15, 0.2) is 0 Å². The van der Waals surface area contributed by atoms with Gasteiger partial charge in [0.15, 0.2) is 0 Å². The molecular formula is C14H26N2O. The molecule has 17 heavy (non-hydrogen) atoms. The largest absolute Gasteiger partial charge is 0.337 e. The van der Waals surface area contributed by atoms with Crippen LogP contribution in [0.4, 0.5) is 0 Å². The average molecular weight is 238 g/mol. The smallest absolute Gasteiger partial charge is 0.226 e. The molecule has 0 aromatic rings. The fourth-order valence-corrected chi connectivity index (χ4v) is 3.46. The fraction of sp³-hybridized carbons (Fsp3) is 0.929. The van der Waals surface area contributed by atoms with Crippen molar-refractivity contribution in [3.8, 4) is 0 Å². The summed E-state index contributed by atoms with van der Waals surface area (Å²) in [5.41, 5.74) is 6.16. The first kappa shape index (κ1) is 12.9. The second-order valence-electron chi connectivity index (χ2n) is 6.47. The van der Waals surface area contributed by atoms with E-state index in [0.717, 1.165) is 38.6 Å². The lowest BCUT2D eigenvalue weighted by molar-refractivity contribution is -0.141. The minimum atomic E-state index is 0.0539. The standard InChI is InChI=1S/C14H26N2O/c1-10-11(6-4-7-12(10)15)13(17)16-9-5-8-14(16,2)3/h10-12H,4-9,15H2,1-3H3. The van der Waals surface area contributed by atoms with Gasteiger partial charge in [0.25, 0.3) is 0 Å². The first-order valence-electron chi connectivity index (χ1n) is 7.00. The van der Waals surface area contributed by atoms with Crippen LogP contribution in [0.5, 0.6) is 0 Å². The van der Waals surface area contributed by atoms with Crippen molar-refractivity contribution in [2.24, 2.45) is 17.6 Å². The van der Waals surface area contributed by atoms with Crippen LogP contribution in [0.1, 0.15) is 52.9 Å². The zero-order valence-electron chi connectivity index (χ0n) is 11.4. The molecule has 1 aliphatic carbocycles. The third-order valence-electron chi connectivity index (χ3n) is 4.85. The van der Waals surface area contributed by atoms with Gasteiger partial charge in [-0.3, -0.25) is 4.79 Å². The Morgan fingerprint density at radius 3 is 2.59 bits per heavy atom. The Kier molecular flexibility index (Phi) is 3.48. The van der Waals surface area contributed by atoms with E-state index in [2.05, 4.69) is 25.7 Å². The molecule has 0 radical (unpaired) electrons. The molecule has 1 saturated carbocycles. The number of carbonyl (C=O) groups is 1. The predicted molar refractivity (Wildman–Crippen MR) is 69.5 cm³/mol. The quantitative estimate of drug-likeness (QED) is 0.761. The molecule has 2 rings (SSSR count). The summed E-state index contributed by atoms with van der Waals surface area (Å²) in [4.78, 5) is 14.7. The number of rotatable bonds is 1. The van der Waals surface area contributed by atoms with Crippen molar-refractivity contribution in [3.05, 3.63) is 0 Å². The van der Waals surface area contributed by atoms with E-state index in [1.165, 1.54) is 0 Å². The van der Waals surface area contributed by atoms with E-state index in [9.17, 15) is 4.79 Å². The van der Waals surface area contributed by atoms with Gasteiger partial charge >= 0.3 is 0 Å². The Bertz CT molecular complexity index is 301. The molecule has 0 spiro atoms. The summed E-state index contributed by atoms with van der Waals surface area (Å²) < 4.78 is 0. The Morgan fingerprint density at radius 2 is 2.00 bits per heavy atom. The molecule has 3 nitrogen and oxygen atoms in total. The Hall–Kier alpha value is -0.570. The van der Waals surface area contributed by atoms with Crippen LogP contribution in [0.3, 0.4) is 0 Å². The first-order chi connectivity index (χ1) is 7.93. The molecule has 1 amide bonds. The van der Waals surface area contributed by atoms with Gasteiger partial charge in [0, 0.05) is 24.0 Å². The minimum Gasteiger partial charge on any atom is -0.337 e. The Balaban J connectivity index is 2.09. The number of hydrogen-bond acceptors (Lipinski definition) is 2. The minimum absolute atomic E-state index is 0.0539. The summed E-state index contributed by atoms with van der Waals surface area (Å²) in [6.07, 6.45) is 5.49. The van der Waals surface area contributed by atoms with Gasteiger partial charge in [0.2, 0.25) is 5.91 Å². The topological polar surface area (TPSA) is 46.3 Å². The van der Waals surface area contributed by atoms with Gasteiger partial charge in [-0.05, 0) is 45.4 Å². The van der Waals surface area contributed by atoms with Crippen LogP contribution in [0, 0.1) is 11.8 Å². The second kappa shape index (κ2) is 4.60. The lowest BCUT2D eigenvalue weighted by Gasteiger charge is -2.39. The maximum absolute atomic E-state index is 12.6. The van der Waals surface area contributed by atoms with Crippen molar-refractivity contribution < 1.29 is 4.79 Å². The van der Waals surface area contributed by atoms with E-state index in [1.54, 1.807) is 0 Å². The van der Waals surface area contributed by atoms with Gasteiger partial charge in [-0.1, -0.05) is 13.3 Å². The van der Waals surface area contributed by atoms with Gasteiger partial charge in [0.05, 0.1) is 0 Å².